The van der Waals surface area contributed by atoms with E-state index in [0.717, 1.165) is 24.9 Å². The highest BCUT2D eigenvalue weighted by molar-refractivity contribution is 5.80. The van der Waals surface area contributed by atoms with Gasteiger partial charge in [0.1, 0.15) is 5.69 Å². The van der Waals surface area contributed by atoms with E-state index in [9.17, 15) is 9.59 Å². The molecule has 0 bridgehead atoms. The number of aliphatic carboxylic acids is 1. The number of carbonyl (C=O) groups is 2. The third kappa shape index (κ3) is 2.22. The maximum absolute atomic E-state index is 11.2. The minimum atomic E-state index is -0.972. The number of carbonyl (C=O) groups excluding carboxylic acids is 1. The van der Waals surface area contributed by atoms with Crippen molar-refractivity contribution in [2.24, 2.45) is 0 Å². The zero-order valence-corrected chi connectivity index (χ0v) is 9.85. The average molecular weight is 234 g/mol. The number of carboxylic acid groups (broad SMARTS) is 1. The lowest BCUT2D eigenvalue weighted by molar-refractivity contribution is -0.139. The highest BCUT2D eigenvalue weighted by Crippen LogP contribution is 2.28. The highest BCUT2D eigenvalue weighted by Gasteiger charge is 2.29. The van der Waals surface area contributed by atoms with Crippen LogP contribution in [0.15, 0.2) is 18.2 Å². The van der Waals surface area contributed by atoms with Crippen LogP contribution in [0.2, 0.25) is 0 Å². The normalized spacial score (nSPS) is 17.2. The number of nitrogens with zero attached hydrogens (tertiary/aromatic N) is 1. The van der Waals surface area contributed by atoms with E-state index in [1.54, 1.807) is 7.05 Å². The Balaban J connectivity index is 2.37. The summed E-state index contributed by atoms with van der Waals surface area (Å²) in [6, 6.07) is 5.85. The largest absolute Gasteiger partial charge is 0.477 e. The van der Waals surface area contributed by atoms with Gasteiger partial charge in [0.05, 0.1) is 7.05 Å². The van der Waals surface area contributed by atoms with Crippen molar-refractivity contribution in [2.75, 3.05) is 13.6 Å². The highest BCUT2D eigenvalue weighted by atomic mass is 16.4. The van der Waals surface area contributed by atoms with E-state index in [1.165, 1.54) is 11.1 Å². The number of likely N-dealkylation sites (N-methyl/N-ethyl adjacent to an activating group) is 1. The van der Waals surface area contributed by atoms with Crippen molar-refractivity contribution >= 4 is 18.1 Å². The fourth-order valence-electron chi connectivity index (χ4n) is 2.35. The van der Waals surface area contributed by atoms with Crippen molar-refractivity contribution < 1.29 is 14.7 Å². The van der Waals surface area contributed by atoms with Crippen LogP contribution in [0.3, 0.4) is 0 Å². The molecule has 1 aromatic carbocycles. The molecule has 0 radical (unpaired) electrons. The SMILES string of the molecule is C[N+](C=O)(CC(=O)O)c1ccc2c(c1)CCC2. The van der Waals surface area contributed by atoms with Crippen molar-refractivity contribution in [3.63, 3.8) is 0 Å². The molecule has 0 fully saturated rings. The topological polar surface area (TPSA) is 54.4 Å². The number of aryl methyl sites for hydroxylation is 2. The Morgan fingerprint density at radius 1 is 1.41 bits per heavy atom. The zero-order chi connectivity index (χ0) is 12.5. The Hall–Kier alpha value is -1.68. The van der Waals surface area contributed by atoms with Crippen LogP contribution < -0.4 is 4.48 Å². The van der Waals surface area contributed by atoms with Gasteiger partial charge in [-0.1, -0.05) is 6.07 Å². The van der Waals surface area contributed by atoms with Crippen LogP contribution in [0.1, 0.15) is 17.5 Å². The molecular formula is C13H16NO3+. The Labute approximate surface area is 100 Å². The van der Waals surface area contributed by atoms with Crippen molar-refractivity contribution in [1.29, 1.82) is 0 Å². The fraction of sp³-hybridized carbons (Fsp3) is 0.385. The van der Waals surface area contributed by atoms with Gasteiger partial charge in [0.25, 0.3) is 0 Å². The number of hydrogen-bond acceptors (Lipinski definition) is 2. The summed E-state index contributed by atoms with van der Waals surface area (Å²) in [6.45, 7) is -0.220. The van der Waals surface area contributed by atoms with Gasteiger partial charge < -0.3 is 5.11 Å². The smallest absolute Gasteiger partial charge is 0.360 e. The van der Waals surface area contributed by atoms with Gasteiger partial charge in [-0.2, -0.15) is 0 Å². The summed E-state index contributed by atoms with van der Waals surface area (Å²) in [5.41, 5.74) is 3.32. The molecule has 2 rings (SSSR count). The van der Waals surface area contributed by atoms with Crippen LogP contribution in [-0.4, -0.2) is 31.1 Å². The van der Waals surface area contributed by atoms with Crippen molar-refractivity contribution in [1.82, 2.24) is 4.48 Å². The van der Waals surface area contributed by atoms with Gasteiger partial charge in [-0.3, -0.25) is 0 Å². The van der Waals surface area contributed by atoms with Crippen LogP contribution in [0.5, 0.6) is 0 Å². The van der Waals surface area contributed by atoms with Crippen molar-refractivity contribution in [3.05, 3.63) is 29.3 Å². The maximum atomic E-state index is 11.2. The second-order valence-electron chi connectivity index (χ2n) is 4.73. The van der Waals surface area contributed by atoms with Gasteiger partial charge in [-0.25, -0.2) is 14.1 Å². The number of quaternary nitrogens is 1. The summed E-state index contributed by atoms with van der Waals surface area (Å²) >= 11 is 0. The van der Waals surface area contributed by atoms with Gasteiger partial charge in [-0.05, 0) is 36.5 Å². The Morgan fingerprint density at radius 3 is 2.76 bits per heavy atom. The number of amides is 1. The van der Waals surface area contributed by atoms with E-state index in [-0.39, 0.29) is 11.0 Å². The molecule has 1 aliphatic rings. The lowest BCUT2D eigenvalue weighted by atomic mass is 10.1. The van der Waals surface area contributed by atoms with Gasteiger partial charge >= 0.3 is 12.4 Å². The predicted octanol–water partition coefficient (Wildman–Crippen LogP) is 1.35. The number of benzene rings is 1. The maximum Gasteiger partial charge on any atom is 0.360 e. The molecule has 17 heavy (non-hydrogen) atoms. The molecule has 1 unspecified atom stereocenters. The molecule has 90 valence electrons. The second kappa shape index (κ2) is 4.30. The third-order valence-corrected chi connectivity index (χ3v) is 3.37. The standard InChI is InChI=1S/C13H15NO3/c1-14(9-15,8-13(16)17)12-6-5-10-3-2-4-11(10)7-12/h5-7,9H,2-4,8H2,1H3/p+1. The lowest BCUT2D eigenvalue weighted by Gasteiger charge is -2.25. The van der Waals surface area contributed by atoms with E-state index in [1.807, 2.05) is 18.2 Å². The Kier molecular flexibility index (Phi) is 2.98. The van der Waals surface area contributed by atoms with Crippen LogP contribution in [0.25, 0.3) is 0 Å². The fourth-order valence-corrected chi connectivity index (χ4v) is 2.35. The molecule has 1 N–H and O–H groups in total. The molecule has 0 saturated heterocycles. The first-order valence-corrected chi connectivity index (χ1v) is 5.71. The predicted molar refractivity (Wildman–Crippen MR) is 64.8 cm³/mol. The molecule has 1 atom stereocenters. The van der Waals surface area contributed by atoms with E-state index < -0.39 is 5.97 Å². The van der Waals surface area contributed by atoms with Gasteiger partial charge in [-0.15, -0.1) is 0 Å². The first-order valence-electron chi connectivity index (χ1n) is 5.71. The Morgan fingerprint density at radius 2 is 2.12 bits per heavy atom. The molecule has 1 aromatic rings. The van der Waals surface area contributed by atoms with Crippen LogP contribution in [0, 0.1) is 0 Å². The average Bonchev–Trinajstić information content (AvgIpc) is 2.74. The molecule has 0 heterocycles. The van der Waals surface area contributed by atoms with Crippen molar-refractivity contribution in [2.45, 2.75) is 19.3 Å². The number of fused-ring (bicyclic) bond motifs is 1. The number of hydrogen-bond donors (Lipinski definition) is 1. The summed E-state index contributed by atoms with van der Waals surface area (Å²) in [5.74, 6) is -0.972. The van der Waals surface area contributed by atoms with Gasteiger partial charge in [0.15, 0.2) is 6.54 Å². The summed E-state index contributed by atoms with van der Waals surface area (Å²) in [4.78, 5) is 22.0. The summed E-state index contributed by atoms with van der Waals surface area (Å²) < 4.78 is -0.206. The summed E-state index contributed by atoms with van der Waals surface area (Å²) in [7, 11) is 1.62. The monoisotopic (exact) mass is 234 g/mol. The van der Waals surface area contributed by atoms with Crippen LogP contribution >= 0.6 is 0 Å². The summed E-state index contributed by atoms with van der Waals surface area (Å²) in [5, 5.41) is 8.86. The first kappa shape index (κ1) is 11.8. The molecule has 0 saturated carbocycles. The summed E-state index contributed by atoms with van der Waals surface area (Å²) in [6.07, 6.45) is 3.93. The molecule has 4 nitrogen and oxygen atoms in total. The minimum Gasteiger partial charge on any atom is -0.477 e. The lowest BCUT2D eigenvalue weighted by Crippen LogP contribution is -2.47. The second-order valence-corrected chi connectivity index (χ2v) is 4.73. The molecule has 4 heteroatoms. The van der Waals surface area contributed by atoms with Crippen molar-refractivity contribution in [3.8, 4) is 0 Å². The quantitative estimate of drug-likeness (QED) is 0.632. The molecule has 1 amide bonds. The Bertz CT molecular complexity index is 470. The van der Waals surface area contributed by atoms with Gasteiger partial charge in [0.2, 0.25) is 0 Å². The molecular weight excluding hydrogens is 218 g/mol. The minimum absolute atomic E-state index is 0.206. The molecule has 0 aromatic heterocycles. The van der Waals surface area contributed by atoms with Crippen LogP contribution in [0.4, 0.5) is 5.69 Å². The first-order chi connectivity index (χ1) is 8.05. The molecule has 0 aliphatic heterocycles. The van der Waals surface area contributed by atoms with E-state index in [2.05, 4.69) is 0 Å². The number of carboxylic acids is 1. The van der Waals surface area contributed by atoms with E-state index in [4.69, 9.17) is 5.11 Å². The third-order valence-electron chi connectivity index (χ3n) is 3.37. The molecule has 1 aliphatic carbocycles. The van der Waals surface area contributed by atoms with E-state index >= 15 is 0 Å². The molecule has 0 spiro atoms. The van der Waals surface area contributed by atoms with E-state index in [0.29, 0.717) is 6.41 Å². The van der Waals surface area contributed by atoms with Gasteiger partial charge in [0, 0.05) is 6.07 Å². The number of rotatable bonds is 4. The zero-order valence-electron chi connectivity index (χ0n) is 9.85. The van der Waals surface area contributed by atoms with Crippen LogP contribution in [-0.2, 0) is 22.4 Å².